The first kappa shape index (κ1) is 32.5. The molecule has 0 radical (unpaired) electrons. The van der Waals surface area contributed by atoms with Gasteiger partial charge < -0.3 is 19.3 Å². The van der Waals surface area contributed by atoms with Gasteiger partial charge in [0.05, 0.1) is 12.2 Å². The predicted molar refractivity (Wildman–Crippen MR) is 170 cm³/mol. The second kappa shape index (κ2) is 13.0. The molecule has 3 saturated heterocycles. The van der Waals surface area contributed by atoms with Crippen molar-refractivity contribution < 1.29 is 28.7 Å². The Morgan fingerprint density at radius 1 is 1.00 bits per heavy atom. The zero-order valence-electron chi connectivity index (χ0n) is 28.0. The van der Waals surface area contributed by atoms with Crippen LogP contribution in [0.1, 0.15) is 124 Å². The highest BCUT2D eigenvalue weighted by atomic mass is 16.6. The molecule has 6 rings (SSSR count). The largest absolute Gasteiger partial charge is 0.444 e. The van der Waals surface area contributed by atoms with Gasteiger partial charge in [0, 0.05) is 31.5 Å². The summed E-state index contributed by atoms with van der Waals surface area (Å²) in [6.07, 6.45) is 17.8. The second-order valence-electron chi connectivity index (χ2n) is 16.2. The topological polar surface area (TPSA) is 105 Å². The minimum absolute atomic E-state index is 0.0251. The van der Waals surface area contributed by atoms with E-state index in [1.165, 1.54) is 32.1 Å². The van der Waals surface area contributed by atoms with Crippen molar-refractivity contribution in [3.63, 3.8) is 0 Å². The van der Waals surface area contributed by atoms with Crippen LogP contribution in [0.4, 0.5) is 4.79 Å². The minimum atomic E-state index is -0.521. The maximum Gasteiger partial charge on any atom is 0.410 e. The second-order valence-corrected chi connectivity index (χ2v) is 16.2. The van der Waals surface area contributed by atoms with Gasteiger partial charge >= 0.3 is 6.09 Å². The molecule has 3 aliphatic heterocycles. The quantitative estimate of drug-likeness (QED) is 0.291. The first-order valence-electron chi connectivity index (χ1n) is 17.9. The Kier molecular flexibility index (Phi) is 9.39. The van der Waals surface area contributed by atoms with E-state index in [1.54, 1.807) is 10.5 Å². The number of piperidine rings is 2. The number of fused-ring (bicyclic) bond motifs is 1. The summed E-state index contributed by atoms with van der Waals surface area (Å²) in [5.74, 6) is 0.390. The number of carbonyl (C=O) groups is 4. The van der Waals surface area contributed by atoms with E-state index in [1.807, 2.05) is 25.7 Å². The molecule has 2 saturated carbocycles. The molecule has 1 spiro atoms. The third-order valence-electron chi connectivity index (χ3n) is 12.0. The van der Waals surface area contributed by atoms with Crippen molar-refractivity contribution in [2.75, 3.05) is 13.1 Å². The van der Waals surface area contributed by atoms with Gasteiger partial charge in [-0.15, -0.1) is 0 Å². The number of nitrogens with zero attached hydrogens (tertiary/aromatic N) is 2. The molecule has 4 amide bonds. The fraction of sp³-hybridized carbons (Fsp3) is 0.833. The fourth-order valence-corrected chi connectivity index (χ4v) is 9.39. The average Bonchev–Trinajstić information content (AvgIpc) is 3.09. The van der Waals surface area contributed by atoms with Gasteiger partial charge in [-0.05, 0) is 135 Å². The van der Waals surface area contributed by atoms with Gasteiger partial charge in [0.2, 0.25) is 17.7 Å². The van der Waals surface area contributed by atoms with Crippen LogP contribution in [0.25, 0.3) is 0 Å². The summed E-state index contributed by atoms with van der Waals surface area (Å²) >= 11 is 0. The molecular weight excluding hydrogens is 570 g/mol. The SMILES string of the molecule is CC1C2CCC(OC3CC4(CCC=C(CCC5CCN(C(=O)OC(C)(C)C)CC5)CC4)C3)CC2C(=O)N1C1CCC(=O)NC1=O. The van der Waals surface area contributed by atoms with Gasteiger partial charge in [-0.2, -0.15) is 0 Å². The van der Waals surface area contributed by atoms with Crippen LogP contribution in [0.3, 0.4) is 0 Å². The highest BCUT2D eigenvalue weighted by Crippen LogP contribution is 2.53. The zero-order chi connectivity index (χ0) is 31.9. The highest BCUT2D eigenvalue weighted by Gasteiger charge is 2.53. The Labute approximate surface area is 269 Å². The Morgan fingerprint density at radius 2 is 1.76 bits per heavy atom. The summed E-state index contributed by atoms with van der Waals surface area (Å²) in [7, 11) is 0. The molecule has 0 bridgehead atoms. The lowest BCUT2D eigenvalue weighted by atomic mass is 9.62. The third-order valence-corrected chi connectivity index (χ3v) is 12.0. The predicted octanol–water partition coefficient (Wildman–Crippen LogP) is 5.90. The molecule has 250 valence electrons. The van der Waals surface area contributed by atoms with E-state index in [-0.39, 0.29) is 47.8 Å². The number of imide groups is 1. The number of nitrogens with one attached hydrogen (secondary N) is 1. The lowest BCUT2D eigenvalue weighted by molar-refractivity contribution is -0.148. The van der Waals surface area contributed by atoms with Gasteiger partial charge in [0.15, 0.2) is 0 Å². The van der Waals surface area contributed by atoms with E-state index in [9.17, 15) is 19.2 Å². The van der Waals surface area contributed by atoms with Crippen LogP contribution in [0.2, 0.25) is 0 Å². The first-order chi connectivity index (χ1) is 21.4. The molecule has 0 aromatic rings. The molecule has 5 atom stereocenters. The number of hydrogen-bond donors (Lipinski definition) is 1. The molecule has 0 aromatic heterocycles. The molecule has 1 N–H and O–H groups in total. The molecule has 5 fully saturated rings. The normalized spacial score (nSPS) is 36.3. The lowest BCUT2D eigenvalue weighted by Crippen LogP contribution is -2.55. The molecule has 45 heavy (non-hydrogen) atoms. The molecule has 9 nitrogen and oxygen atoms in total. The number of likely N-dealkylation sites (tertiary alicyclic amines) is 2. The van der Waals surface area contributed by atoms with E-state index in [0.29, 0.717) is 30.3 Å². The summed E-state index contributed by atoms with van der Waals surface area (Å²) in [5, 5.41) is 2.43. The van der Waals surface area contributed by atoms with Crippen LogP contribution in [0.5, 0.6) is 0 Å². The van der Waals surface area contributed by atoms with Crippen LogP contribution < -0.4 is 5.32 Å². The van der Waals surface area contributed by atoms with Crippen molar-refractivity contribution in [1.82, 2.24) is 15.1 Å². The molecule has 3 aliphatic carbocycles. The van der Waals surface area contributed by atoms with E-state index in [0.717, 1.165) is 64.5 Å². The van der Waals surface area contributed by atoms with Crippen molar-refractivity contribution in [2.45, 2.75) is 154 Å². The monoisotopic (exact) mass is 625 g/mol. The average molecular weight is 626 g/mol. The summed E-state index contributed by atoms with van der Waals surface area (Å²) in [5.41, 5.74) is 1.58. The van der Waals surface area contributed by atoms with Crippen LogP contribution in [0, 0.1) is 23.2 Å². The van der Waals surface area contributed by atoms with Crippen molar-refractivity contribution >= 4 is 23.8 Å². The smallest absolute Gasteiger partial charge is 0.410 e. The number of amides is 4. The number of ether oxygens (including phenoxy) is 2. The van der Waals surface area contributed by atoms with E-state index in [2.05, 4.69) is 18.3 Å². The Bertz CT molecular complexity index is 1180. The maximum absolute atomic E-state index is 13.5. The van der Waals surface area contributed by atoms with E-state index >= 15 is 0 Å². The zero-order valence-corrected chi connectivity index (χ0v) is 28.0. The van der Waals surface area contributed by atoms with E-state index < -0.39 is 11.6 Å². The first-order valence-corrected chi connectivity index (χ1v) is 17.9. The molecule has 5 unspecified atom stereocenters. The van der Waals surface area contributed by atoms with Crippen LogP contribution in [-0.4, -0.2) is 76.6 Å². The lowest BCUT2D eigenvalue weighted by Gasteiger charge is -2.49. The summed E-state index contributed by atoms with van der Waals surface area (Å²) < 4.78 is 12.2. The maximum atomic E-state index is 13.5. The Balaban J connectivity index is 0.907. The third kappa shape index (κ3) is 7.28. The van der Waals surface area contributed by atoms with Crippen LogP contribution >= 0.6 is 0 Å². The number of carbonyl (C=O) groups excluding carboxylic acids is 4. The molecule has 3 heterocycles. The van der Waals surface area contributed by atoms with Gasteiger partial charge in [-0.1, -0.05) is 11.6 Å². The van der Waals surface area contributed by atoms with Crippen LogP contribution in [-0.2, 0) is 23.9 Å². The van der Waals surface area contributed by atoms with Gasteiger partial charge in [0.25, 0.3) is 0 Å². The Morgan fingerprint density at radius 3 is 2.47 bits per heavy atom. The van der Waals surface area contributed by atoms with E-state index in [4.69, 9.17) is 9.47 Å². The molecule has 9 heteroatoms. The summed E-state index contributed by atoms with van der Waals surface area (Å²) in [6, 6.07) is -0.496. The Hall–Kier alpha value is -2.42. The fourth-order valence-electron chi connectivity index (χ4n) is 9.39. The van der Waals surface area contributed by atoms with Crippen molar-refractivity contribution in [1.29, 1.82) is 0 Å². The van der Waals surface area contributed by atoms with Crippen LogP contribution in [0.15, 0.2) is 11.6 Å². The van der Waals surface area contributed by atoms with Crippen molar-refractivity contribution in [3.8, 4) is 0 Å². The summed E-state index contributed by atoms with van der Waals surface area (Å²) in [4.78, 5) is 53.8. The summed E-state index contributed by atoms with van der Waals surface area (Å²) in [6.45, 7) is 9.44. The number of hydrogen-bond acceptors (Lipinski definition) is 6. The number of rotatable bonds is 6. The molecule has 0 aromatic carbocycles. The standard InChI is InChI=1S/C36H55N3O6/c1-23-28-10-9-26(20-29(28)33(42)39(23)30-11-12-31(40)37-32(30)41)44-27-21-36(22-27)16-5-6-24(13-17-36)7-8-25-14-18-38(19-15-25)34(43)45-35(2,3)4/h6,23,25-30H,5,7-22H2,1-4H3,(H,37,40,41). The van der Waals surface area contributed by atoms with Crippen molar-refractivity contribution in [2.24, 2.45) is 23.2 Å². The molecular formula is C36H55N3O6. The highest BCUT2D eigenvalue weighted by molar-refractivity contribution is 6.02. The van der Waals surface area contributed by atoms with Gasteiger partial charge in [-0.3, -0.25) is 19.7 Å². The van der Waals surface area contributed by atoms with Gasteiger partial charge in [-0.25, -0.2) is 4.79 Å². The van der Waals surface area contributed by atoms with Crippen molar-refractivity contribution in [3.05, 3.63) is 11.6 Å². The minimum Gasteiger partial charge on any atom is -0.444 e. The number of allylic oxidation sites excluding steroid dienone is 2. The van der Waals surface area contributed by atoms with Gasteiger partial charge in [0.1, 0.15) is 11.6 Å². The molecule has 6 aliphatic rings.